The highest BCUT2D eigenvalue weighted by molar-refractivity contribution is 7.89. The Hall–Kier alpha value is -2.27. The van der Waals surface area contributed by atoms with E-state index in [1.165, 1.54) is 23.5 Å². The van der Waals surface area contributed by atoms with E-state index in [1.54, 1.807) is 21.9 Å². The molecule has 2 fully saturated rings. The summed E-state index contributed by atoms with van der Waals surface area (Å²) in [5, 5.41) is 1.89. The van der Waals surface area contributed by atoms with Crippen LogP contribution in [0.5, 0.6) is 0 Å². The first-order valence-corrected chi connectivity index (χ1v) is 12.6. The number of sulfonamides is 1. The zero-order valence-electron chi connectivity index (χ0n) is 17.0. The van der Waals surface area contributed by atoms with E-state index in [2.05, 4.69) is 4.72 Å². The molecule has 0 bridgehead atoms. The van der Waals surface area contributed by atoms with E-state index in [9.17, 15) is 18.0 Å². The van der Waals surface area contributed by atoms with Crippen molar-refractivity contribution in [2.24, 2.45) is 0 Å². The zero-order valence-corrected chi connectivity index (χ0v) is 18.7. The van der Waals surface area contributed by atoms with Gasteiger partial charge in [-0.3, -0.25) is 9.59 Å². The summed E-state index contributed by atoms with van der Waals surface area (Å²) in [5.74, 6) is -0.242. The lowest BCUT2D eigenvalue weighted by atomic mass is 10.1. The number of nitrogens with zero attached hydrogens (tertiary/aromatic N) is 2. The average molecular weight is 464 g/mol. The molecule has 2 amide bonds. The van der Waals surface area contributed by atoms with Crippen molar-refractivity contribution in [2.75, 3.05) is 32.8 Å². The summed E-state index contributed by atoms with van der Waals surface area (Å²) in [7, 11) is -3.73. The molecule has 2 saturated heterocycles. The van der Waals surface area contributed by atoms with Crippen LogP contribution in [0.15, 0.2) is 46.7 Å². The fraction of sp³-hybridized carbons (Fsp3) is 0.429. The van der Waals surface area contributed by atoms with Crippen LogP contribution in [0, 0.1) is 0 Å². The summed E-state index contributed by atoms with van der Waals surface area (Å²) in [5.41, 5.74) is 0.318. The van der Waals surface area contributed by atoms with E-state index >= 15 is 0 Å². The van der Waals surface area contributed by atoms with Crippen LogP contribution in [0.2, 0.25) is 0 Å². The second kappa shape index (κ2) is 9.47. The smallest absolute Gasteiger partial charge is 0.254 e. The van der Waals surface area contributed by atoms with Crippen molar-refractivity contribution >= 4 is 33.2 Å². The Morgan fingerprint density at radius 2 is 1.87 bits per heavy atom. The average Bonchev–Trinajstić information content (AvgIpc) is 3.51. The lowest BCUT2D eigenvalue weighted by Crippen LogP contribution is -2.52. The van der Waals surface area contributed by atoms with Crippen LogP contribution in [0.1, 0.15) is 28.1 Å². The number of benzene rings is 1. The summed E-state index contributed by atoms with van der Waals surface area (Å²) in [6, 6.07) is 9.79. The molecule has 10 heteroatoms. The molecule has 1 aromatic carbocycles. The van der Waals surface area contributed by atoms with Gasteiger partial charge in [-0.05, 0) is 42.5 Å². The number of nitrogens with one attached hydrogen (secondary N) is 1. The van der Waals surface area contributed by atoms with Crippen molar-refractivity contribution in [1.29, 1.82) is 0 Å². The van der Waals surface area contributed by atoms with E-state index in [4.69, 9.17) is 4.74 Å². The first kappa shape index (κ1) is 21.9. The Labute approximate surface area is 185 Å². The normalized spacial score (nSPS) is 19.5. The molecule has 1 unspecified atom stereocenters. The van der Waals surface area contributed by atoms with Crippen molar-refractivity contribution in [3.8, 4) is 0 Å². The van der Waals surface area contributed by atoms with Gasteiger partial charge in [0.05, 0.1) is 4.90 Å². The van der Waals surface area contributed by atoms with Crippen LogP contribution in [0.3, 0.4) is 0 Å². The second-order valence-corrected chi connectivity index (χ2v) is 10.4. The Balaban J connectivity index is 1.37. The molecule has 2 aliphatic heterocycles. The van der Waals surface area contributed by atoms with Gasteiger partial charge < -0.3 is 14.5 Å². The summed E-state index contributed by atoms with van der Waals surface area (Å²) in [6.07, 6.45) is 1.29. The van der Waals surface area contributed by atoms with Crippen LogP contribution in [-0.2, 0) is 26.1 Å². The largest absolute Gasteiger partial charge is 0.368 e. The molecule has 166 valence electrons. The summed E-state index contributed by atoms with van der Waals surface area (Å²) in [6.45, 7) is 2.54. The topological polar surface area (TPSA) is 96.0 Å². The summed E-state index contributed by atoms with van der Waals surface area (Å²) < 4.78 is 33.3. The van der Waals surface area contributed by atoms with Crippen LogP contribution in [-0.4, -0.2) is 68.9 Å². The highest BCUT2D eigenvalue weighted by atomic mass is 32.2. The Morgan fingerprint density at radius 3 is 2.55 bits per heavy atom. The van der Waals surface area contributed by atoms with E-state index in [0.29, 0.717) is 38.3 Å². The van der Waals surface area contributed by atoms with Crippen LogP contribution < -0.4 is 4.72 Å². The number of ether oxygens (including phenoxy) is 1. The number of hydrogen-bond acceptors (Lipinski definition) is 6. The molecule has 4 rings (SSSR count). The molecule has 0 radical (unpaired) electrons. The molecule has 2 aromatic rings. The maximum absolute atomic E-state index is 12.9. The van der Waals surface area contributed by atoms with Gasteiger partial charge in [0.2, 0.25) is 10.0 Å². The van der Waals surface area contributed by atoms with E-state index < -0.39 is 10.0 Å². The SMILES string of the molecule is O=C(c1cccc(S(=O)(=O)NCc2cccs2)c1)N1CCN(C(=O)C2CCCO2)CC1. The Morgan fingerprint density at radius 1 is 1.10 bits per heavy atom. The van der Waals surface area contributed by atoms with Gasteiger partial charge in [-0.2, -0.15) is 0 Å². The van der Waals surface area contributed by atoms with Gasteiger partial charge >= 0.3 is 0 Å². The fourth-order valence-electron chi connectivity index (χ4n) is 3.75. The predicted molar refractivity (Wildman–Crippen MR) is 116 cm³/mol. The van der Waals surface area contributed by atoms with Gasteiger partial charge in [0, 0.05) is 49.8 Å². The van der Waals surface area contributed by atoms with Crippen molar-refractivity contribution in [2.45, 2.75) is 30.4 Å². The van der Waals surface area contributed by atoms with Crippen molar-refractivity contribution in [3.05, 3.63) is 52.2 Å². The zero-order chi connectivity index (χ0) is 21.8. The van der Waals surface area contributed by atoms with Crippen molar-refractivity contribution in [3.63, 3.8) is 0 Å². The number of piperazine rings is 1. The van der Waals surface area contributed by atoms with E-state index in [-0.39, 0.29) is 29.4 Å². The monoisotopic (exact) mass is 463 g/mol. The minimum atomic E-state index is -3.73. The third-order valence-corrected chi connectivity index (χ3v) is 7.77. The van der Waals surface area contributed by atoms with Crippen LogP contribution in [0.25, 0.3) is 0 Å². The highest BCUT2D eigenvalue weighted by Gasteiger charge is 2.31. The van der Waals surface area contributed by atoms with E-state index in [1.807, 2.05) is 17.5 Å². The molecule has 3 heterocycles. The number of hydrogen-bond donors (Lipinski definition) is 1. The molecule has 8 nitrogen and oxygen atoms in total. The first-order valence-electron chi connectivity index (χ1n) is 10.3. The maximum Gasteiger partial charge on any atom is 0.254 e. The third-order valence-electron chi connectivity index (χ3n) is 5.49. The molecule has 1 aromatic heterocycles. The number of thiophene rings is 1. The van der Waals surface area contributed by atoms with Crippen molar-refractivity contribution < 1.29 is 22.7 Å². The van der Waals surface area contributed by atoms with Gasteiger partial charge in [-0.1, -0.05) is 12.1 Å². The van der Waals surface area contributed by atoms with Gasteiger partial charge in [-0.15, -0.1) is 11.3 Å². The standard InChI is InChI=1S/C21H25N3O5S2/c25-20(23-8-10-24(11-9-23)21(26)19-7-2-12-29-19)16-4-1-6-18(14-16)31(27,28)22-15-17-5-3-13-30-17/h1,3-6,13-14,19,22H,2,7-12,15H2. The molecular formula is C21H25N3O5S2. The Kier molecular flexibility index (Phi) is 6.71. The van der Waals surface area contributed by atoms with Crippen molar-refractivity contribution in [1.82, 2.24) is 14.5 Å². The number of carbonyl (C=O) groups excluding carboxylic acids is 2. The molecule has 0 aliphatic carbocycles. The van der Waals surface area contributed by atoms with Gasteiger partial charge in [0.15, 0.2) is 0 Å². The number of carbonyl (C=O) groups is 2. The third kappa shape index (κ3) is 5.15. The maximum atomic E-state index is 12.9. The lowest BCUT2D eigenvalue weighted by molar-refractivity contribution is -0.142. The lowest BCUT2D eigenvalue weighted by Gasteiger charge is -2.35. The molecule has 31 heavy (non-hydrogen) atoms. The molecule has 0 spiro atoms. The molecule has 0 saturated carbocycles. The predicted octanol–water partition coefficient (Wildman–Crippen LogP) is 1.69. The molecule has 2 aliphatic rings. The van der Waals surface area contributed by atoms with Crippen LogP contribution in [0.4, 0.5) is 0 Å². The quantitative estimate of drug-likeness (QED) is 0.703. The van der Waals surface area contributed by atoms with Gasteiger partial charge in [-0.25, -0.2) is 13.1 Å². The van der Waals surface area contributed by atoms with E-state index in [0.717, 1.165) is 17.7 Å². The summed E-state index contributed by atoms with van der Waals surface area (Å²) in [4.78, 5) is 29.8. The number of rotatable bonds is 6. The Bertz CT molecular complexity index is 1030. The first-order chi connectivity index (χ1) is 14.9. The molecule has 1 atom stereocenters. The minimum Gasteiger partial charge on any atom is -0.368 e. The summed E-state index contributed by atoms with van der Waals surface area (Å²) >= 11 is 1.47. The second-order valence-electron chi connectivity index (χ2n) is 7.55. The van der Waals surface area contributed by atoms with Gasteiger partial charge in [0.25, 0.3) is 11.8 Å². The molecular weight excluding hydrogens is 438 g/mol. The minimum absolute atomic E-state index is 0.00509. The van der Waals surface area contributed by atoms with Crippen LogP contribution >= 0.6 is 11.3 Å². The molecule has 1 N–H and O–H groups in total. The van der Waals surface area contributed by atoms with Gasteiger partial charge in [0.1, 0.15) is 6.10 Å². The number of amides is 2. The highest BCUT2D eigenvalue weighted by Crippen LogP contribution is 2.18. The fourth-order valence-corrected chi connectivity index (χ4v) is 5.54.